The predicted molar refractivity (Wildman–Crippen MR) is 89.1 cm³/mol. The fourth-order valence-corrected chi connectivity index (χ4v) is 4.24. The highest BCUT2D eigenvalue weighted by atomic mass is 16.6. The number of nitrogens with zero attached hydrogens (tertiary/aromatic N) is 3. The Hall–Kier alpha value is -2.41. The number of carbonyl (C=O) groups excluding carboxylic acids is 1. The molecule has 2 fully saturated rings. The van der Waals surface area contributed by atoms with Gasteiger partial charge in [-0.05, 0) is 44.9 Å². The number of amides is 1. The summed E-state index contributed by atoms with van der Waals surface area (Å²) in [6, 6.07) is 7.74. The minimum absolute atomic E-state index is 0.0378. The second-order valence-electron chi connectivity index (χ2n) is 6.82. The van der Waals surface area contributed by atoms with Crippen LogP contribution in [0, 0.1) is 10.1 Å². The molecule has 1 N–H and O–H groups in total. The molecule has 7 nitrogen and oxygen atoms in total. The summed E-state index contributed by atoms with van der Waals surface area (Å²) in [4.78, 5) is 25.9. The zero-order chi connectivity index (χ0) is 16.8. The fourth-order valence-electron chi connectivity index (χ4n) is 4.24. The van der Waals surface area contributed by atoms with Crippen LogP contribution in [-0.2, 0) is 0 Å². The van der Waals surface area contributed by atoms with Crippen LogP contribution in [0.25, 0.3) is 5.52 Å². The number of pyridine rings is 1. The van der Waals surface area contributed by atoms with Gasteiger partial charge in [-0.3, -0.25) is 14.9 Å². The summed E-state index contributed by atoms with van der Waals surface area (Å²) in [7, 11) is 2.16. The van der Waals surface area contributed by atoms with Crippen LogP contribution < -0.4 is 5.32 Å². The molecule has 24 heavy (non-hydrogen) atoms. The minimum Gasteiger partial charge on any atom is -0.348 e. The molecule has 1 amide bonds. The number of fused-ring (bicyclic) bond motifs is 3. The molecule has 2 aliphatic rings. The summed E-state index contributed by atoms with van der Waals surface area (Å²) in [5.41, 5.74) is 0.726. The van der Waals surface area contributed by atoms with Gasteiger partial charge >= 0.3 is 0 Å². The van der Waals surface area contributed by atoms with Gasteiger partial charge in [-0.15, -0.1) is 0 Å². The summed E-state index contributed by atoms with van der Waals surface area (Å²) in [5, 5.41) is 14.3. The molecule has 4 heterocycles. The number of nitro groups is 1. The van der Waals surface area contributed by atoms with E-state index in [4.69, 9.17) is 0 Å². The molecule has 4 rings (SSSR count). The van der Waals surface area contributed by atoms with Crippen molar-refractivity contribution in [1.29, 1.82) is 0 Å². The van der Waals surface area contributed by atoms with E-state index in [9.17, 15) is 14.9 Å². The summed E-state index contributed by atoms with van der Waals surface area (Å²) in [6.07, 6.45) is 5.96. The van der Waals surface area contributed by atoms with Gasteiger partial charge in [-0.25, -0.2) is 0 Å². The SMILES string of the molecule is CN1C2CCC1CC(NC(=O)c1cc([N+](=O)[O-])c3ccccn13)C2. The van der Waals surface area contributed by atoms with Gasteiger partial charge in [0.1, 0.15) is 11.2 Å². The average Bonchev–Trinajstić information content (AvgIpc) is 3.02. The molecule has 0 saturated carbocycles. The largest absolute Gasteiger partial charge is 0.348 e. The summed E-state index contributed by atoms with van der Waals surface area (Å²) < 4.78 is 1.59. The molecule has 2 aliphatic heterocycles. The lowest BCUT2D eigenvalue weighted by molar-refractivity contribution is -0.383. The summed E-state index contributed by atoms with van der Waals surface area (Å²) in [6.45, 7) is 0. The number of carbonyl (C=O) groups is 1. The maximum atomic E-state index is 12.7. The molecule has 2 aromatic heterocycles. The van der Waals surface area contributed by atoms with Crippen molar-refractivity contribution in [2.45, 2.75) is 43.8 Å². The average molecular weight is 328 g/mol. The molecular formula is C17H20N4O3. The smallest absolute Gasteiger partial charge is 0.295 e. The Bertz CT molecular complexity index is 801. The van der Waals surface area contributed by atoms with E-state index in [-0.39, 0.29) is 17.6 Å². The van der Waals surface area contributed by atoms with E-state index in [0.717, 1.165) is 12.8 Å². The topological polar surface area (TPSA) is 79.9 Å². The normalized spacial score (nSPS) is 26.6. The van der Waals surface area contributed by atoms with Crippen LogP contribution >= 0.6 is 0 Å². The molecule has 0 radical (unpaired) electrons. The summed E-state index contributed by atoms with van der Waals surface area (Å²) in [5.74, 6) is -0.238. The lowest BCUT2D eigenvalue weighted by Crippen LogP contribution is -2.48. The number of nitrogens with one attached hydrogen (secondary N) is 1. The van der Waals surface area contributed by atoms with E-state index in [0.29, 0.717) is 23.3 Å². The van der Waals surface area contributed by atoms with E-state index in [1.807, 2.05) is 0 Å². The first-order chi connectivity index (χ1) is 11.5. The molecule has 126 valence electrons. The van der Waals surface area contributed by atoms with Gasteiger partial charge in [-0.1, -0.05) is 6.07 Å². The van der Waals surface area contributed by atoms with Crippen molar-refractivity contribution in [2.24, 2.45) is 0 Å². The number of piperidine rings is 1. The third-order valence-corrected chi connectivity index (χ3v) is 5.52. The van der Waals surface area contributed by atoms with Crippen LogP contribution in [0.5, 0.6) is 0 Å². The zero-order valence-corrected chi connectivity index (χ0v) is 13.5. The van der Waals surface area contributed by atoms with Crippen LogP contribution in [0.1, 0.15) is 36.2 Å². The Balaban J connectivity index is 1.59. The van der Waals surface area contributed by atoms with Crippen molar-refractivity contribution in [3.8, 4) is 0 Å². The van der Waals surface area contributed by atoms with Crippen molar-refractivity contribution in [2.75, 3.05) is 7.05 Å². The number of aromatic nitrogens is 1. The molecule has 0 aromatic carbocycles. The first-order valence-corrected chi connectivity index (χ1v) is 8.32. The lowest BCUT2D eigenvalue weighted by Gasteiger charge is -2.36. The lowest BCUT2D eigenvalue weighted by atomic mass is 9.98. The Morgan fingerprint density at radius 2 is 2.00 bits per heavy atom. The van der Waals surface area contributed by atoms with Crippen molar-refractivity contribution in [3.63, 3.8) is 0 Å². The van der Waals surface area contributed by atoms with Crippen molar-refractivity contribution >= 4 is 17.1 Å². The van der Waals surface area contributed by atoms with Gasteiger partial charge in [-0.2, -0.15) is 0 Å². The third-order valence-electron chi connectivity index (χ3n) is 5.52. The molecule has 2 aromatic rings. The molecule has 2 bridgehead atoms. The molecule has 2 atom stereocenters. The minimum atomic E-state index is -0.443. The Morgan fingerprint density at radius 3 is 2.67 bits per heavy atom. The second kappa shape index (κ2) is 5.59. The number of rotatable bonds is 3. The van der Waals surface area contributed by atoms with E-state index in [1.54, 1.807) is 28.8 Å². The van der Waals surface area contributed by atoms with Gasteiger partial charge in [0.05, 0.1) is 4.92 Å². The van der Waals surface area contributed by atoms with Gasteiger partial charge in [0.2, 0.25) is 0 Å². The van der Waals surface area contributed by atoms with E-state index < -0.39 is 4.92 Å². The maximum absolute atomic E-state index is 12.7. The zero-order valence-electron chi connectivity index (χ0n) is 13.5. The monoisotopic (exact) mass is 328 g/mol. The Morgan fingerprint density at radius 1 is 1.29 bits per heavy atom. The Kier molecular flexibility index (Phi) is 3.53. The van der Waals surface area contributed by atoms with Crippen molar-refractivity contribution in [3.05, 3.63) is 46.3 Å². The molecule has 7 heteroatoms. The molecule has 2 unspecified atom stereocenters. The van der Waals surface area contributed by atoms with Crippen LogP contribution in [0.15, 0.2) is 30.5 Å². The first-order valence-electron chi connectivity index (χ1n) is 8.32. The Labute approximate surface area is 139 Å². The van der Waals surface area contributed by atoms with Crippen LogP contribution in [0.3, 0.4) is 0 Å². The highest BCUT2D eigenvalue weighted by Crippen LogP contribution is 2.34. The highest BCUT2D eigenvalue weighted by molar-refractivity contribution is 5.96. The van der Waals surface area contributed by atoms with Gasteiger partial charge in [0, 0.05) is 30.4 Å². The van der Waals surface area contributed by atoms with E-state index >= 15 is 0 Å². The molecule has 0 spiro atoms. The number of hydrogen-bond donors (Lipinski definition) is 1. The third kappa shape index (κ3) is 2.36. The molecule has 0 aliphatic carbocycles. The van der Waals surface area contributed by atoms with Crippen LogP contribution in [-0.4, -0.2) is 45.3 Å². The predicted octanol–water partition coefficient (Wildman–Crippen LogP) is 2.20. The quantitative estimate of drug-likeness (QED) is 0.692. The standard InChI is InChI=1S/C17H20N4O3/c1-19-12-5-6-13(19)9-11(8-12)18-17(22)16-10-15(21(23)24)14-4-2-3-7-20(14)16/h2-4,7,10-13H,5-6,8-9H2,1H3,(H,18,22). The fraction of sp³-hybridized carbons (Fsp3) is 0.471. The van der Waals surface area contributed by atoms with Gasteiger partial charge in [0.15, 0.2) is 0 Å². The van der Waals surface area contributed by atoms with Crippen LogP contribution in [0.4, 0.5) is 5.69 Å². The molecular weight excluding hydrogens is 308 g/mol. The van der Waals surface area contributed by atoms with Crippen molar-refractivity contribution in [1.82, 2.24) is 14.6 Å². The van der Waals surface area contributed by atoms with Gasteiger partial charge in [0.25, 0.3) is 11.6 Å². The van der Waals surface area contributed by atoms with Crippen LogP contribution in [0.2, 0.25) is 0 Å². The van der Waals surface area contributed by atoms with E-state index in [2.05, 4.69) is 17.3 Å². The van der Waals surface area contributed by atoms with E-state index in [1.165, 1.54) is 18.9 Å². The van der Waals surface area contributed by atoms with Crippen molar-refractivity contribution < 1.29 is 9.72 Å². The second-order valence-corrected chi connectivity index (χ2v) is 6.82. The van der Waals surface area contributed by atoms with Gasteiger partial charge < -0.3 is 14.6 Å². The molecule has 2 saturated heterocycles. The highest BCUT2D eigenvalue weighted by Gasteiger charge is 2.39. The summed E-state index contributed by atoms with van der Waals surface area (Å²) >= 11 is 0. The first kappa shape index (κ1) is 15.1. The maximum Gasteiger partial charge on any atom is 0.295 e. The number of hydrogen-bond acceptors (Lipinski definition) is 4.